The number of ether oxygens (including phenoxy) is 1. The molecule has 1 aliphatic carbocycles. The maximum atomic E-state index is 13.4. The number of aromatic nitrogens is 1. The number of esters is 1. The first-order valence-electron chi connectivity index (χ1n) is 8.70. The van der Waals surface area contributed by atoms with Gasteiger partial charge in [-0.1, -0.05) is 6.42 Å². The first-order chi connectivity index (χ1) is 12.3. The molecule has 8 heteroatoms. The second kappa shape index (κ2) is 6.78. The average Bonchev–Trinajstić information content (AvgIpc) is 3.13. The normalized spacial score (nSPS) is 25.1. The highest BCUT2D eigenvalue weighted by Gasteiger charge is 2.50. The molecule has 1 aromatic rings. The molecule has 0 bridgehead atoms. The predicted octanol–water partition coefficient (Wildman–Crippen LogP) is 3.45. The van der Waals surface area contributed by atoms with Crippen LogP contribution in [0.4, 0.5) is 19.0 Å². The van der Waals surface area contributed by atoms with Gasteiger partial charge in [0, 0.05) is 12.2 Å². The Morgan fingerprint density at radius 1 is 1.46 bits per heavy atom. The number of carbonyl (C=O) groups excluding carboxylic acids is 1. The lowest BCUT2D eigenvalue weighted by atomic mass is 9.94. The van der Waals surface area contributed by atoms with E-state index in [2.05, 4.69) is 4.98 Å². The summed E-state index contributed by atoms with van der Waals surface area (Å²) in [6, 6.07) is 1.84. The van der Waals surface area contributed by atoms with Crippen molar-refractivity contribution in [3.63, 3.8) is 0 Å². The highest BCUT2D eigenvalue weighted by Crippen LogP contribution is 2.46. The van der Waals surface area contributed by atoms with Gasteiger partial charge < -0.3 is 9.64 Å². The van der Waals surface area contributed by atoms with E-state index in [-0.39, 0.29) is 30.0 Å². The summed E-state index contributed by atoms with van der Waals surface area (Å²) in [5.41, 5.74) is -1.38. The van der Waals surface area contributed by atoms with Crippen LogP contribution >= 0.6 is 0 Å². The van der Waals surface area contributed by atoms with Crippen LogP contribution in [0.5, 0.6) is 0 Å². The Hall–Kier alpha value is -2.30. The van der Waals surface area contributed by atoms with E-state index >= 15 is 0 Å². The third kappa shape index (κ3) is 3.11. The zero-order chi connectivity index (χ0) is 19.1. The second-order valence-electron chi connectivity index (χ2n) is 6.82. The van der Waals surface area contributed by atoms with Crippen molar-refractivity contribution in [3.8, 4) is 6.07 Å². The second-order valence-corrected chi connectivity index (χ2v) is 6.82. The molecule has 1 saturated carbocycles. The zero-order valence-electron chi connectivity index (χ0n) is 14.6. The highest BCUT2D eigenvalue weighted by molar-refractivity contribution is 5.82. The lowest BCUT2D eigenvalue weighted by molar-refractivity contribution is -0.145. The summed E-state index contributed by atoms with van der Waals surface area (Å²) in [5, 5.41) is 9.41. The van der Waals surface area contributed by atoms with Crippen molar-refractivity contribution >= 4 is 11.8 Å². The van der Waals surface area contributed by atoms with Crippen molar-refractivity contribution in [3.05, 3.63) is 22.9 Å². The van der Waals surface area contributed by atoms with Crippen LogP contribution in [-0.4, -0.2) is 30.1 Å². The number of pyridine rings is 1. The van der Waals surface area contributed by atoms with E-state index in [4.69, 9.17) is 4.74 Å². The minimum absolute atomic E-state index is 0.0252. The first-order valence-corrected chi connectivity index (χ1v) is 8.70. The summed E-state index contributed by atoms with van der Waals surface area (Å²) in [6.45, 7) is 3.75. The molecular weight excluding hydrogens is 347 g/mol. The molecule has 0 radical (unpaired) electrons. The number of carbonyl (C=O) groups is 1. The molecule has 5 nitrogen and oxygen atoms in total. The molecule has 3 atom stereocenters. The molecule has 0 aromatic carbocycles. The van der Waals surface area contributed by atoms with E-state index in [1.807, 2.05) is 0 Å². The number of hydrogen-bond acceptors (Lipinski definition) is 5. The number of aryl methyl sites for hydroxylation is 1. The summed E-state index contributed by atoms with van der Waals surface area (Å²) in [5.74, 6) is -0.292. The van der Waals surface area contributed by atoms with Crippen LogP contribution in [0.15, 0.2) is 6.07 Å². The minimum atomic E-state index is -4.66. The summed E-state index contributed by atoms with van der Waals surface area (Å²) in [6.07, 6.45) is -1.94. The molecule has 26 heavy (non-hydrogen) atoms. The van der Waals surface area contributed by atoms with Gasteiger partial charge >= 0.3 is 12.1 Å². The number of halogens is 3. The van der Waals surface area contributed by atoms with Crippen LogP contribution in [0.3, 0.4) is 0 Å². The van der Waals surface area contributed by atoms with E-state index < -0.39 is 29.3 Å². The lowest BCUT2D eigenvalue weighted by Crippen LogP contribution is -2.42. The fraction of sp³-hybridized carbons (Fsp3) is 0.611. The van der Waals surface area contributed by atoms with Crippen molar-refractivity contribution in [2.45, 2.75) is 45.3 Å². The number of alkyl halides is 3. The van der Waals surface area contributed by atoms with Gasteiger partial charge in [0.15, 0.2) is 0 Å². The van der Waals surface area contributed by atoms with Gasteiger partial charge in [0.1, 0.15) is 23.5 Å². The van der Waals surface area contributed by atoms with Gasteiger partial charge in [0.05, 0.1) is 12.2 Å². The monoisotopic (exact) mass is 367 g/mol. The quantitative estimate of drug-likeness (QED) is 0.766. The minimum Gasteiger partial charge on any atom is -0.464 e. The fourth-order valence-electron chi connectivity index (χ4n) is 4.25. The van der Waals surface area contributed by atoms with E-state index in [1.165, 1.54) is 6.92 Å². The number of rotatable bonds is 3. The number of hydrogen-bond donors (Lipinski definition) is 0. The molecule has 1 aliphatic heterocycles. The van der Waals surface area contributed by atoms with Crippen LogP contribution in [-0.2, 0) is 15.7 Å². The molecule has 0 spiro atoms. The van der Waals surface area contributed by atoms with Gasteiger partial charge in [0.2, 0.25) is 0 Å². The van der Waals surface area contributed by atoms with Crippen LogP contribution in [0, 0.1) is 30.1 Å². The SMILES string of the molecule is CCOC(=O)C1C2CCCC2CN1c1nc(C)cc(C(F)(F)F)c1C#N. The van der Waals surface area contributed by atoms with Gasteiger partial charge in [-0.2, -0.15) is 18.4 Å². The molecule has 3 unspecified atom stereocenters. The van der Waals surface area contributed by atoms with Crippen molar-refractivity contribution in [2.75, 3.05) is 18.1 Å². The standard InChI is InChI=1S/C18H20F3N3O2/c1-3-26-17(25)15-12-6-4-5-11(12)9-24(15)16-13(8-22)14(18(19,20)21)7-10(2)23-16/h7,11-12,15H,3-6,9H2,1-2H3. The molecule has 2 heterocycles. The van der Waals surface area contributed by atoms with Crippen LogP contribution < -0.4 is 4.90 Å². The summed E-state index contributed by atoms with van der Waals surface area (Å²) >= 11 is 0. The molecule has 140 valence electrons. The van der Waals surface area contributed by atoms with E-state index in [9.17, 15) is 23.2 Å². The molecule has 1 saturated heterocycles. The smallest absolute Gasteiger partial charge is 0.417 e. The van der Waals surface area contributed by atoms with Gasteiger partial charge in [-0.25, -0.2) is 9.78 Å². The largest absolute Gasteiger partial charge is 0.464 e. The first kappa shape index (κ1) is 18.5. The number of nitriles is 1. The zero-order valence-corrected chi connectivity index (χ0v) is 14.6. The number of anilines is 1. The third-order valence-electron chi connectivity index (χ3n) is 5.24. The van der Waals surface area contributed by atoms with Crippen molar-refractivity contribution < 1.29 is 22.7 Å². The van der Waals surface area contributed by atoms with E-state index in [1.54, 1.807) is 17.9 Å². The molecule has 0 N–H and O–H groups in total. The fourth-order valence-corrected chi connectivity index (χ4v) is 4.25. The van der Waals surface area contributed by atoms with E-state index in [0.717, 1.165) is 25.3 Å². The Morgan fingerprint density at radius 3 is 2.81 bits per heavy atom. The van der Waals surface area contributed by atoms with Gasteiger partial charge in [0.25, 0.3) is 0 Å². The van der Waals surface area contributed by atoms with Crippen LogP contribution in [0.2, 0.25) is 0 Å². The number of fused-ring (bicyclic) bond motifs is 1. The Morgan fingerprint density at radius 2 is 2.19 bits per heavy atom. The maximum Gasteiger partial charge on any atom is 0.417 e. The summed E-state index contributed by atoms with van der Waals surface area (Å²) in [7, 11) is 0. The van der Waals surface area contributed by atoms with Gasteiger partial charge in [-0.15, -0.1) is 0 Å². The van der Waals surface area contributed by atoms with E-state index in [0.29, 0.717) is 6.54 Å². The Balaban J connectivity index is 2.11. The summed E-state index contributed by atoms with van der Waals surface area (Å²) < 4.78 is 45.4. The molecule has 0 amide bonds. The van der Waals surface area contributed by atoms with Crippen LogP contribution in [0.25, 0.3) is 0 Å². The number of nitrogens with zero attached hydrogens (tertiary/aromatic N) is 3. The molecule has 2 aliphatic rings. The molecule has 2 fully saturated rings. The Bertz CT molecular complexity index is 757. The van der Waals surface area contributed by atoms with Crippen molar-refractivity contribution in [1.82, 2.24) is 4.98 Å². The molecular formula is C18H20F3N3O2. The van der Waals surface area contributed by atoms with Gasteiger partial charge in [-0.05, 0) is 44.6 Å². The highest BCUT2D eigenvalue weighted by atomic mass is 19.4. The lowest BCUT2D eigenvalue weighted by Gasteiger charge is -2.28. The van der Waals surface area contributed by atoms with Crippen molar-refractivity contribution in [2.24, 2.45) is 11.8 Å². The van der Waals surface area contributed by atoms with Gasteiger partial charge in [-0.3, -0.25) is 0 Å². The topological polar surface area (TPSA) is 66.2 Å². The van der Waals surface area contributed by atoms with Crippen LogP contribution in [0.1, 0.15) is 43.0 Å². The molecule has 3 rings (SSSR count). The Labute approximate surface area is 149 Å². The Kier molecular flexibility index (Phi) is 4.82. The third-order valence-corrected chi connectivity index (χ3v) is 5.24. The molecule has 1 aromatic heterocycles. The van der Waals surface area contributed by atoms with Crippen molar-refractivity contribution in [1.29, 1.82) is 5.26 Å². The maximum absolute atomic E-state index is 13.4. The summed E-state index contributed by atoms with van der Waals surface area (Å²) in [4.78, 5) is 18.3. The predicted molar refractivity (Wildman–Crippen MR) is 87.3 cm³/mol. The average molecular weight is 367 g/mol.